The molecular weight excluding hydrogens is 206 g/mol. The summed E-state index contributed by atoms with van der Waals surface area (Å²) >= 11 is 0. The Kier molecular flexibility index (Phi) is 5.07. The predicted molar refractivity (Wildman–Crippen MR) is 77.5 cm³/mol. The second-order valence-electron chi connectivity index (χ2n) is 7.05. The van der Waals surface area contributed by atoms with Gasteiger partial charge in [-0.3, -0.25) is 4.90 Å². The van der Waals surface area contributed by atoms with Gasteiger partial charge in [-0.05, 0) is 59.8 Å². The van der Waals surface area contributed by atoms with Crippen LogP contribution in [0.2, 0.25) is 0 Å². The van der Waals surface area contributed by atoms with Crippen molar-refractivity contribution in [3.05, 3.63) is 0 Å². The first-order valence-electron chi connectivity index (χ1n) is 7.64. The lowest BCUT2D eigenvalue weighted by Gasteiger charge is -2.56. The molecule has 0 aromatic carbocycles. The Morgan fingerprint density at radius 2 is 1.53 bits per heavy atom. The Bertz CT molecular complexity index is 214. The van der Waals surface area contributed by atoms with E-state index in [2.05, 4.69) is 46.4 Å². The van der Waals surface area contributed by atoms with Gasteiger partial charge in [0.2, 0.25) is 0 Å². The van der Waals surface area contributed by atoms with Gasteiger partial charge in [0.1, 0.15) is 0 Å². The number of likely N-dealkylation sites (tertiary alicyclic amines) is 1. The number of unbranched alkanes of at least 4 members (excludes halogenated alkanes) is 1. The van der Waals surface area contributed by atoms with E-state index < -0.39 is 0 Å². The average molecular weight is 239 g/mol. The first-order valence-corrected chi connectivity index (χ1v) is 7.64. The molecule has 1 rings (SSSR count). The smallest absolute Gasteiger partial charge is 0.0161 e. The van der Waals surface area contributed by atoms with Crippen LogP contribution in [0.3, 0.4) is 0 Å². The van der Waals surface area contributed by atoms with Gasteiger partial charge in [-0.1, -0.05) is 26.7 Å². The molecule has 1 fully saturated rings. The molecule has 1 unspecified atom stereocenters. The number of hydrogen-bond donors (Lipinski definition) is 0. The van der Waals surface area contributed by atoms with Crippen molar-refractivity contribution in [2.45, 2.75) is 104 Å². The maximum atomic E-state index is 2.85. The molecular formula is C16H33N. The Hall–Kier alpha value is -0.0400. The molecule has 0 saturated carbocycles. The molecule has 1 heteroatoms. The molecule has 0 spiro atoms. The summed E-state index contributed by atoms with van der Waals surface area (Å²) in [4.78, 5) is 2.85. The zero-order chi connectivity index (χ0) is 13.1. The topological polar surface area (TPSA) is 3.24 Å². The summed E-state index contributed by atoms with van der Waals surface area (Å²) in [6.45, 7) is 14.5. The van der Waals surface area contributed by atoms with Crippen LogP contribution >= 0.6 is 0 Å². The van der Waals surface area contributed by atoms with Crippen molar-refractivity contribution >= 4 is 0 Å². The normalized spacial score (nSPS) is 25.8. The third-order valence-corrected chi connectivity index (χ3v) is 4.61. The lowest BCUT2D eigenvalue weighted by Crippen LogP contribution is -2.62. The van der Waals surface area contributed by atoms with Gasteiger partial charge < -0.3 is 0 Å². The van der Waals surface area contributed by atoms with Crippen molar-refractivity contribution < 1.29 is 0 Å². The van der Waals surface area contributed by atoms with E-state index in [-0.39, 0.29) is 0 Å². The zero-order valence-electron chi connectivity index (χ0n) is 13.0. The van der Waals surface area contributed by atoms with E-state index in [0.29, 0.717) is 11.1 Å². The summed E-state index contributed by atoms with van der Waals surface area (Å²) in [5, 5.41) is 0. The lowest BCUT2D eigenvalue weighted by atomic mass is 9.77. The largest absolute Gasteiger partial charge is 0.290 e. The molecule has 1 atom stereocenters. The standard InChI is InChI=1S/C16H33N/c1-7-9-11-14(8-2)17-15(3,4)12-10-13-16(17,5)6/h14H,7-13H2,1-6H3. The van der Waals surface area contributed by atoms with E-state index in [4.69, 9.17) is 0 Å². The molecule has 1 heterocycles. The summed E-state index contributed by atoms with van der Waals surface area (Å²) in [5.41, 5.74) is 0.770. The fourth-order valence-electron chi connectivity index (χ4n) is 3.96. The van der Waals surface area contributed by atoms with E-state index in [9.17, 15) is 0 Å². The van der Waals surface area contributed by atoms with Crippen LogP contribution in [0, 0.1) is 0 Å². The van der Waals surface area contributed by atoms with E-state index >= 15 is 0 Å². The molecule has 0 bridgehead atoms. The lowest BCUT2D eigenvalue weighted by molar-refractivity contribution is -0.0650. The molecule has 0 radical (unpaired) electrons. The average Bonchev–Trinajstić information content (AvgIpc) is 2.21. The Labute approximate surface area is 109 Å². The number of nitrogens with zero attached hydrogens (tertiary/aromatic N) is 1. The molecule has 0 N–H and O–H groups in total. The summed E-state index contributed by atoms with van der Waals surface area (Å²) in [6, 6.07) is 0.778. The third-order valence-electron chi connectivity index (χ3n) is 4.61. The maximum Gasteiger partial charge on any atom is 0.0161 e. The van der Waals surface area contributed by atoms with Crippen molar-refractivity contribution in [3.63, 3.8) is 0 Å². The summed E-state index contributed by atoms with van der Waals surface area (Å²) in [5.74, 6) is 0. The van der Waals surface area contributed by atoms with Crippen LogP contribution in [-0.4, -0.2) is 22.0 Å². The van der Waals surface area contributed by atoms with Crippen LogP contribution < -0.4 is 0 Å². The van der Waals surface area contributed by atoms with Gasteiger partial charge in [0.25, 0.3) is 0 Å². The zero-order valence-corrected chi connectivity index (χ0v) is 13.0. The molecule has 1 aliphatic rings. The van der Waals surface area contributed by atoms with Crippen LogP contribution in [-0.2, 0) is 0 Å². The van der Waals surface area contributed by atoms with Crippen molar-refractivity contribution in [2.75, 3.05) is 0 Å². The number of hydrogen-bond acceptors (Lipinski definition) is 1. The van der Waals surface area contributed by atoms with E-state index in [0.717, 1.165) is 6.04 Å². The van der Waals surface area contributed by atoms with Crippen LogP contribution in [0.4, 0.5) is 0 Å². The van der Waals surface area contributed by atoms with Gasteiger partial charge in [-0.2, -0.15) is 0 Å². The second-order valence-corrected chi connectivity index (χ2v) is 7.05. The van der Waals surface area contributed by atoms with Crippen molar-refractivity contribution in [2.24, 2.45) is 0 Å². The Morgan fingerprint density at radius 1 is 1.00 bits per heavy atom. The van der Waals surface area contributed by atoms with Gasteiger partial charge in [-0.25, -0.2) is 0 Å². The third kappa shape index (κ3) is 3.47. The monoisotopic (exact) mass is 239 g/mol. The molecule has 1 saturated heterocycles. The SMILES string of the molecule is CCCCC(CC)N1C(C)(C)CCCC1(C)C. The molecule has 0 aromatic rings. The van der Waals surface area contributed by atoms with Gasteiger partial charge >= 0.3 is 0 Å². The van der Waals surface area contributed by atoms with Crippen LogP contribution in [0.25, 0.3) is 0 Å². The minimum absolute atomic E-state index is 0.385. The van der Waals surface area contributed by atoms with Gasteiger partial charge in [0.15, 0.2) is 0 Å². The predicted octanol–water partition coefficient (Wildman–Crippen LogP) is 5.00. The van der Waals surface area contributed by atoms with Crippen LogP contribution in [0.1, 0.15) is 86.5 Å². The summed E-state index contributed by atoms with van der Waals surface area (Å²) in [6.07, 6.45) is 9.48. The molecule has 0 aliphatic carbocycles. The highest BCUT2D eigenvalue weighted by Gasteiger charge is 2.43. The Morgan fingerprint density at radius 3 is 1.94 bits per heavy atom. The highest BCUT2D eigenvalue weighted by Crippen LogP contribution is 2.41. The minimum Gasteiger partial charge on any atom is -0.290 e. The van der Waals surface area contributed by atoms with Crippen LogP contribution in [0.5, 0.6) is 0 Å². The Balaban J connectivity index is 2.86. The van der Waals surface area contributed by atoms with Crippen molar-refractivity contribution in [3.8, 4) is 0 Å². The fraction of sp³-hybridized carbons (Fsp3) is 1.00. The molecule has 102 valence electrons. The van der Waals surface area contributed by atoms with Gasteiger partial charge in [0.05, 0.1) is 0 Å². The van der Waals surface area contributed by atoms with Gasteiger partial charge in [-0.15, -0.1) is 0 Å². The highest BCUT2D eigenvalue weighted by atomic mass is 15.3. The second kappa shape index (κ2) is 5.73. The molecule has 0 aromatic heterocycles. The van der Waals surface area contributed by atoms with Gasteiger partial charge in [0, 0.05) is 17.1 Å². The quantitative estimate of drug-likeness (QED) is 0.652. The van der Waals surface area contributed by atoms with E-state index in [1.807, 2.05) is 0 Å². The molecule has 1 aliphatic heterocycles. The summed E-state index contributed by atoms with van der Waals surface area (Å²) < 4.78 is 0. The van der Waals surface area contributed by atoms with E-state index in [1.54, 1.807) is 0 Å². The van der Waals surface area contributed by atoms with Crippen molar-refractivity contribution in [1.29, 1.82) is 0 Å². The maximum absolute atomic E-state index is 2.85. The van der Waals surface area contributed by atoms with Crippen molar-refractivity contribution in [1.82, 2.24) is 4.90 Å². The first kappa shape index (κ1) is 15.0. The van der Waals surface area contributed by atoms with Crippen LogP contribution in [0.15, 0.2) is 0 Å². The minimum atomic E-state index is 0.385. The molecule has 17 heavy (non-hydrogen) atoms. The fourth-order valence-corrected chi connectivity index (χ4v) is 3.96. The first-order chi connectivity index (χ1) is 7.85. The number of piperidine rings is 1. The summed E-state index contributed by atoms with van der Waals surface area (Å²) in [7, 11) is 0. The molecule has 1 nitrogen and oxygen atoms in total. The molecule has 0 amide bonds. The van der Waals surface area contributed by atoms with E-state index in [1.165, 1.54) is 44.9 Å². The number of rotatable bonds is 5. The highest BCUT2D eigenvalue weighted by molar-refractivity contribution is 4.99.